The maximum Gasteiger partial charge on any atom is 0.416 e. The number of aromatic nitrogens is 1. The summed E-state index contributed by atoms with van der Waals surface area (Å²) in [5.74, 6) is -2.14. The van der Waals surface area contributed by atoms with Crippen LogP contribution in [0.3, 0.4) is 0 Å². The number of ether oxygens (including phenoxy) is 1. The van der Waals surface area contributed by atoms with E-state index in [2.05, 4.69) is 4.98 Å². The maximum atomic E-state index is 13.7. The lowest BCUT2D eigenvalue weighted by Crippen LogP contribution is -2.32. The number of anilines is 1. The van der Waals surface area contributed by atoms with Crippen LogP contribution in [0.2, 0.25) is 0 Å². The molecule has 2 unspecified atom stereocenters. The first-order chi connectivity index (χ1) is 18.7. The number of carbonyl (C=O) groups is 2. The van der Waals surface area contributed by atoms with Crippen LogP contribution < -0.4 is 14.5 Å². The predicted molar refractivity (Wildman–Crippen MR) is 141 cm³/mol. The fraction of sp³-hybridized carbons (Fsp3) is 0.179. The smallest absolute Gasteiger partial charge is 0.416 e. The van der Waals surface area contributed by atoms with Gasteiger partial charge >= 0.3 is 11.0 Å². The number of thioether (sulfide) groups is 1. The number of aromatic amines is 1. The van der Waals surface area contributed by atoms with E-state index in [0.29, 0.717) is 27.8 Å². The van der Waals surface area contributed by atoms with Crippen molar-refractivity contribution < 1.29 is 27.5 Å². The summed E-state index contributed by atoms with van der Waals surface area (Å²) in [4.78, 5) is 43.4. The van der Waals surface area contributed by atoms with E-state index in [9.17, 15) is 27.6 Å². The zero-order valence-corrected chi connectivity index (χ0v) is 21.6. The van der Waals surface area contributed by atoms with Crippen molar-refractivity contribution in [1.29, 1.82) is 0 Å². The van der Waals surface area contributed by atoms with E-state index < -0.39 is 40.6 Å². The molecule has 1 fully saturated rings. The largest absolute Gasteiger partial charge is 0.489 e. The fourth-order valence-corrected chi connectivity index (χ4v) is 7.48. The average Bonchev–Trinajstić information content (AvgIpc) is 3.42. The molecule has 11 heteroatoms. The number of imide groups is 1. The minimum absolute atomic E-state index is 0.130. The second kappa shape index (κ2) is 9.73. The first-order valence-corrected chi connectivity index (χ1v) is 13.6. The highest BCUT2D eigenvalue weighted by molar-refractivity contribution is 8.00. The Bertz CT molecular complexity index is 1620. The Morgan fingerprint density at radius 1 is 0.897 bits per heavy atom. The second-order valence-corrected chi connectivity index (χ2v) is 11.3. The number of nitrogens with one attached hydrogen (secondary N) is 1. The van der Waals surface area contributed by atoms with Crippen LogP contribution >= 0.6 is 23.1 Å². The summed E-state index contributed by atoms with van der Waals surface area (Å²) in [5, 5.41) is -0.406. The first-order valence-electron chi connectivity index (χ1n) is 11.9. The van der Waals surface area contributed by atoms with E-state index in [-0.39, 0.29) is 10.6 Å². The van der Waals surface area contributed by atoms with Crippen molar-refractivity contribution in [3.63, 3.8) is 0 Å². The molecule has 1 N–H and O–H groups in total. The highest BCUT2D eigenvalue weighted by Gasteiger charge is 2.56. The fourth-order valence-electron chi connectivity index (χ4n) is 4.96. The molecule has 4 aromatic rings. The number of carbonyl (C=O) groups excluding carboxylic acids is 2. The molecule has 3 heterocycles. The molecule has 0 bridgehead atoms. The molecule has 3 atom stereocenters. The Labute approximate surface area is 228 Å². The molecular weight excluding hydrogens is 549 g/mol. The molecule has 2 amide bonds. The second-order valence-electron chi connectivity index (χ2n) is 9.15. The summed E-state index contributed by atoms with van der Waals surface area (Å²) >= 11 is 2.04. The van der Waals surface area contributed by atoms with Crippen molar-refractivity contribution >= 4 is 40.6 Å². The number of nitrogens with zero attached hydrogens (tertiary/aromatic N) is 1. The van der Waals surface area contributed by atoms with Gasteiger partial charge in [0.2, 0.25) is 11.8 Å². The van der Waals surface area contributed by atoms with Gasteiger partial charge in [-0.05, 0) is 41.5 Å². The van der Waals surface area contributed by atoms with Crippen LogP contribution in [0.15, 0.2) is 88.7 Å². The summed E-state index contributed by atoms with van der Waals surface area (Å²) in [6.07, 6.45) is -4.63. The van der Waals surface area contributed by atoms with Gasteiger partial charge in [-0.3, -0.25) is 14.4 Å². The zero-order valence-electron chi connectivity index (χ0n) is 20.0. The van der Waals surface area contributed by atoms with Gasteiger partial charge in [-0.15, -0.1) is 0 Å². The van der Waals surface area contributed by atoms with Gasteiger partial charge in [0.1, 0.15) is 17.6 Å². The Kier molecular flexibility index (Phi) is 6.35. The number of hydrogen-bond donors (Lipinski definition) is 1. The van der Waals surface area contributed by atoms with Gasteiger partial charge < -0.3 is 9.72 Å². The lowest BCUT2D eigenvalue weighted by atomic mass is 9.83. The van der Waals surface area contributed by atoms with Gasteiger partial charge in [0.15, 0.2) is 0 Å². The third-order valence-corrected chi connectivity index (χ3v) is 9.14. The quantitative estimate of drug-likeness (QED) is 0.307. The van der Waals surface area contributed by atoms with Crippen molar-refractivity contribution in [2.75, 3.05) is 4.90 Å². The molecule has 1 saturated heterocycles. The number of alkyl halides is 3. The lowest BCUT2D eigenvalue weighted by molar-refractivity contribution is -0.137. The van der Waals surface area contributed by atoms with Crippen LogP contribution in [0, 0.1) is 5.92 Å². The SMILES string of the molecule is O=C1C2Sc3[nH]c(=O)sc3[C@H](c3ccc(OCc4ccccc4)cc3)C2C(=O)N1c1cccc(C(F)(F)F)c1. The molecule has 1 aromatic heterocycles. The first kappa shape index (κ1) is 25.4. The number of thiazole rings is 1. The van der Waals surface area contributed by atoms with Gasteiger partial charge in [0.05, 0.1) is 22.2 Å². The predicted octanol–water partition coefficient (Wildman–Crippen LogP) is 5.83. The maximum absolute atomic E-state index is 13.7. The van der Waals surface area contributed by atoms with Gasteiger partial charge in [0, 0.05) is 10.8 Å². The Balaban J connectivity index is 1.34. The molecule has 0 spiro atoms. The molecule has 6 rings (SSSR count). The van der Waals surface area contributed by atoms with Gasteiger partial charge in [-0.25, -0.2) is 4.90 Å². The highest BCUT2D eigenvalue weighted by Crippen LogP contribution is 2.53. The minimum atomic E-state index is -4.63. The van der Waals surface area contributed by atoms with Gasteiger partial charge in [-0.2, -0.15) is 13.2 Å². The molecule has 2 aliphatic heterocycles. The molecular formula is C28H19F3N2O4S2. The minimum Gasteiger partial charge on any atom is -0.489 e. The standard InChI is InChI=1S/C28H19F3N2O4S2/c29-28(30,31)17-7-4-8-18(13-17)33-25(34)21-20(22-24(32-27(36)39-22)38-23(21)26(33)35)16-9-11-19(12-10-16)37-14-15-5-2-1-3-6-15/h1-13,20-21,23H,14H2,(H,32,36)/t20-,21?,23?/m1/s1. The van der Waals surface area contributed by atoms with Crippen LogP contribution in [-0.4, -0.2) is 22.0 Å². The topological polar surface area (TPSA) is 79.5 Å². The average molecular weight is 569 g/mol. The van der Waals surface area contributed by atoms with Gasteiger partial charge in [0.25, 0.3) is 0 Å². The van der Waals surface area contributed by atoms with E-state index in [1.807, 2.05) is 30.3 Å². The van der Waals surface area contributed by atoms with Crippen molar-refractivity contribution in [2.24, 2.45) is 5.92 Å². The molecule has 3 aromatic carbocycles. The van der Waals surface area contributed by atoms with E-state index in [1.165, 1.54) is 12.1 Å². The van der Waals surface area contributed by atoms with Crippen LogP contribution in [0.5, 0.6) is 5.75 Å². The summed E-state index contributed by atoms with van der Waals surface area (Å²) in [7, 11) is 0. The number of rotatable bonds is 5. The Morgan fingerprint density at radius 2 is 1.64 bits per heavy atom. The summed E-state index contributed by atoms with van der Waals surface area (Å²) < 4.78 is 45.9. The number of fused-ring (bicyclic) bond motifs is 2. The molecule has 0 saturated carbocycles. The van der Waals surface area contributed by atoms with Gasteiger partial charge in [-0.1, -0.05) is 71.6 Å². The number of hydrogen-bond acceptors (Lipinski definition) is 6. The number of benzene rings is 3. The molecule has 198 valence electrons. The highest BCUT2D eigenvalue weighted by atomic mass is 32.2. The summed E-state index contributed by atoms with van der Waals surface area (Å²) in [6, 6.07) is 20.9. The van der Waals surface area contributed by atoms with E-state index in [4.69, 9.17) is 4.74 Å². The normalized spacial score (nSPS) is 20.6. The summed E-state index contributed by atoms with van der Waals surface area (Å²) in [5.41, 5.74) is 0.616. The molecule has 39 heavy (non-hydrogen) atoms. The molecule has 6 nitrogen and oxygen atoms in total. The van der Waals surface area contributed by atoms with Crippen molar-refractivity contribution in [3.05, 3.63) is 110 Å². The molecule has 0 aliphatic carbocycles. The van der Waals surface area contributed by atoms with Crippen molar-refractivity contribution in [2.45, 2.75) is 29.0 Å². The van der Waals surface area contributed by atoms with Crippen LogP contribution in [0.4, 0.5) is 18.9 Å². The monoisotopic (exact) mass is 568 g/mol. The number of amides is 2. The summed E-state index contributed by atoms with van der Waals surface area (Å²) in [6.45, 7) is 0.369. The Morgan fingerprint density at radius 3 is 2.36 bits per heavy atom. The lowest BCUT2D eigenvalue weighted by Gasteiger charge is -2.29. The zero-order chi connectivity index (χ0) is 27.3. The van der Waals surface area contributed by atoms with Crippen molar-refractivity contribution in [3.8, 4) is 5.75 Å². The molecule has 0 radical (unpaired) electrons. The van der Waals surface area contributed by atoms with Crippen LogP contribution in [0.1, 0.15) is 27.5 Å². The number of H-pyrrole nitrogens is 1. The van der Waals surface area contributed by atoms with Crippen LogP contribution in [-0.2, 0) is 22.4 Å². The number of halogens is 3. The third kappa shape index (κ3) is 4.65. The van der Waals surface area contributed by atoms with Crippen LogP contribution in [0.25, 0.3) is 0 Å². The molecule has 2 aliphatic rings. The third-order valence-electron chi connectivity index (χ3n) is 6.74. The van der Waals surface area contributed by atoms with E-state index in [1.54, 1.807) is 24.3 Å². The van der Waals surface area contributed by atoms with Crippen molar-refractivity contribution in [1.82, 2.24) is 4.98 Å². The van der Waals surface area contributed by atoms with E-state index in [0.717, 1.165) is 45.7 Å². The van der Waals surface area contributed by atoms with E-state index >= 15 is 0 Å². The Hall–Kier alpha value is -3.83.